The number of nitrogens with two attached hydrogens (primary N) is 1. The number of benzene rings is 1. The third kappa shape index (κ3) is 2.02. The normalized spacial score (nSPS) is 17.3. The average molecular weight is 264 g/mol. The van der Waals surface area contributed by atoms with Crippen molar-refractivity contribution in [3.8, 4) is 0 Å². The molecule has 18 heavy (non-hydrogen) atoms. The standard InChI is InChI=1S/C14H18ClN3/c1-9(8-16)7-13-17-12-4-2-3-11(15)14(12)18(13)10-5-6-10/h2-4,9-10H,5-8,16H2,1H3. The molecule has 0 amide bonds. The molecule has 0 radical (unpaired) electrons. The summed E-state index contributed by atoms with van der Waals surface area (Å²) in [5, 5.41) is 0.804. The predicted octanol–water partition coefficient (Wildman–Crippen LogP) is 3.16. The maximum atomic E-state index is 6.33. The molecule has 3 nitrogen and oxygen atoms in total. The lowest BCUT2D eigenvalue weighted by atomic mass is 10.1. The van der Waals surface area contributed by atoms with Crippen molar-refractivity contribution < 1.29 is 0 Å². The van der Waals surface area contributed by atoms with Crippen molar-refractivity contribution in [2.24, 2.45) is 11.7 Å². The van der Waals surface area contributed by atoms with Gasteiger partial charge in [0.25, 0.3) is 0 Å². The minimum atomic E-state index is 0.457. The van der Waals surface area contributed by atoms with Crippen molar-refractivity contribution in [2.75, 3.05) is 6.54 Å². The zero-order valence-electron chi connectivity index (χ0n) is 10.6. The first-order valence-electron chi connectivity index (χ1n) is 6.56. The monoisotopic (exact) mass is 263 g/mol. The van der Waals surface area contributed by atoms with E-state index in [1.807, 2.05) is 18.2 Å². The molecule has 96 valence electrons. The Bertz CT molecular complexity index is 572. The van der Waals surface area contributed by atoms with Crippen LogP contribution in [0.4, 0.5) is 0 Å². The van der Waals surface area contributed by atoms with Crippen molar-refractivity contribution in [1.29, 1.82) is 0 Å². The number of halogens is 1. The third-order valence-electron chi connectivity index (χ3n) is 3.58. The molecule has 2 N–H and O–H groups in total. The summed E-state index contributed by atoms with van der Waals surface area (Å²) in [7, 11) is 0. The van der Waals surface area contributed by atoms with Gasteiger partial charge in [0, 0.05) is 12.5 Å². The summed E-state index contributed by atoms with van der Waals surface area (Å²) >= 11 is 6.33. The molecule has 0 bridgehead atoms. The first-order valence-corrected chi connectivity index (χ1v) is 6.94. The molecule has 2 aromatic rings. The summed E-state index contributed by atoms with van der Waals surface area (Å²) in [6.07, 6.45) is 3.40. The number of hydrogen-bond acceptors (Lipinski definition) is 2. The minimum Gasteiger partial charge on any atom is -0.330 e. The van der Waals surface area contributed by atoms with Gasteiger partial charge in [0.05, 0.1) is 16.1 Å². The number of para-hydroxylation sites is 1. The topological polar surface area (TPSA) is 43.8 Å². The molecule has 3 rings (SSSR count). The van der Waals surface area contributed by atoms with E-state index in [1.165, 1.54) is 12.8 Å². The van der Waals surface area contributed by atoms with E-state index in [1.54, 1.807) is 0 Å². The second-order valence-electron chi connectivity index (χ2n) is 5.28. The average Bonchev–Trinajstić information content (AvgIpc) is 3.12. The highest BCUT2D eigenvalue weighted by Gasteiger charge is 2.29. The summed E-state index contributed by atoms with van der Waals surface area (Å²) in [5.41, 5.74) is 7.83. The number of aromatic nitrogens is 2. The molecule has 0 saturated heterocycles. The highest BCUT2D eigenvalue weighted by molar-refractivity contribution is 6.35. The van der Waals surface area contributed by atoms with Crippen LogP contribution in [0.2, 0.25) is 5.02 Å². The maximum Gasteiger partial charge on any atom is 0.110 e. The summed E-state index contributed by atoms with van der Waals surface area (Å²) in [6, 6.07) is 6.54. The van der Waals surface area contributed by atoms with Crippen LogP contribution >= 0.6 is 11.6 Å². The van der Waals surface area contributed by atoms with Crippen molar-refractivity contribution in [3.05, 3.63) is 29.0 Å². The van der Waals surface area contributed by atoms with Crippen LogP contribution in [0.5, 0.6) is 0 Å². The number of fused-ring (bicyclic) bond motifs is 1. The van der Waals surface area contributed by atoms with Gasteiger partial charge < -0.3 is 10.3 Å². The Morgan fingerprint density at radius 3 is 2.94 bits per heavy atom. The van der Waals surface area contributed by atoms with E-state index in [4.69, 9.17) is 22.3 Å². The van der Waals surface area contributed by atoms with Gasteiger partial charge in [-0.05, 0) is 37.4 Å². The molecule has 1 heterocycles. The summed E-state index contributed by atoms with van der Waals surface area (Å²) < 4.78 is 2.34. The highest BCUT2D eigenvalue weighted by Crippen LogP contribution is 2.40. The number of rotatable bonds is 4. The predicted molar refractivity (Wildman–Crippen MR) is 74.9 cm³/mol. The van der Waals surface area contributed by atoms with Gasteiger partial charge in [-0.2, -0.15) is 0 Å². The van der Waals surface area contributed by atoms with E-state index in [0.29, 0.717) is 18.5 Å². The lowest BCUT2D eigenvalue weighted by molar-refractivity contribution is 0.550. The molecule has 1 saturated carbocycles. The van der Waals surface area contributed by atoms with Crippen LogP contribution in [-0.4, -0.2) is 16.1 Å². The molecule has 1 unspecified atom stereocenters. The van der Waals surface area contributed by atoms with Crippen LogP contribution in [0.15, 0.2) is 18.2 Å². The molecule has 1 atom stereocenters. The number of nitrogens with zero attached hydrogens (tertiary/aromatic N) is 2. The molecule has 0 spiro atoms. The van der Waals surface area contributed by atoms with Gasteiger partial charge in [-0.1, -0.05) is 24.6 Å². The number of imidazole rings is 1. The van der Waals surface area contributed by atoms with Gasteiger partial charge in [-0.3, -0.25) is 0 Å². The third-order valence-corrected chi connectivity index (χ3v) is 3.88. The lowest BCUT2D eigenvalue weighted by Crippen LogP contribution is -2.16. The SMILES string of the molecule is CC(CN)Cc1nc2cccc(Cl)c2n1C1CC1. The Kier molecular flexibility index (Phi) is 3.04. The van der Waals surface area contributed by atoms with Gasteiger partial charge in [0.15, 0.2) is 0 Å². The molecule has 1 fully saturated rings. The Morgan fingerprint density at radius 2 is 2.28 bits per heavy atom. The van der Waals surface area contributed by atoms with E-state index in [-0.39, 0.29) is 0 Å². The fourth-order valence-electron chi connectivity index (χ4n) is 2.42. The molecule has 1 aromatic heterocycles. The van der Waals surface area contributed by atoms with Crippen molar-refractivity contribution >= 4 is 22.6 Å². The van der Waals surface area contributed by atoms with Gasteiger partial charge in [0.2, 0.25) is 0 Å². The lowest BCUT2D eigenvalue weighted by Gasteiger charge is -2.11. The Morgan fingerprint density at radius 1 is 1.50 bits per heavy atom. The molecular formula is C14H18ClN3. The molecule has 0 aliphatic heterocycles. The highest BCUT2D eigenvalue weighted by atomic mass is 35.5. The van der Waals surface area contributed by atoms with Crippen LogP contribution < -0.4 is 5.73 Å². The molecule has 1 aromatic carbocycles. The zero-order valence-corrected chi connectivity index (χ0v) is 11.3. The second kappa shape index (κ2) is 4.56. The van der Waals surface area contributed by atoms with Crippen molar-refractivity contribution in [1.82, 2.24) is 9.55 Å². The minimum absolute atomic E-state index is 0.457. The van der Waals surface area contributed by atoms with Crippen LogP contribution in [0, 0.1) is 5.92 Å². The fraction of sp³-hybridized carbons (Fsp3) is 0.500. The van der Waals surface area contributed by atoms with E-state index in [2.05, 4.69) is 11.5 Å². The number of hydrogen-bond donors (Lipinski definition) is 1. The van der Waals surface area contributed by atoms with E-state index in [9.17, 15) is 0 Å². The van der Waals surface area contributed by atoms with Crippen LogP contribution in [0.3, 0.4) is 0 Å². The van der Waals surface area contributed by atoms with E-state index in [0.717, 1.165) is 28.3 Å². The Labute approximate surface area is 112 Å². The first-order chi connectivity index (χ1) is 8.70. The molecular weight excluding hydrogens is 246 g/mol. The maximum absolute atomic E-state index is 6.33. The van der Waals surface area contributed by atoms with Crippen molar-refractivity contribution in [3.63, 3.8) is 0 Å². The van der Waals surface area contributed by atoms with Crippen LogP contribution in [-0.2, 0) is 6.42 Å². The molecule has 4 heteroatoms. The van der Waals surface area contributed by atoms with Gasteiger partial charge in [-0.15, -0.1) is 0 Å². The van der Waals surface area contributed by atoms with E-state index < -0.39 is 0 Å². The summed E-state index contributed by atoms with van der Waals surface area (Å²) in [4.78, 5) is 4.75. The molecule has 1 aliphatic rings. The van der Waals surface area contributed by atoms with Gasteiger partial charge >= 0.3 is 0 Å². The van der Waals surface area contributed by atoms with E-state index >= 15 is 0 Å². The Balaban J connectivity index is 2.12. The summed E-state index contributed by atoms with van der Waals surface area (Å²) in [5.74, 6) is 1.59. The smallest absolute Gasteiger partial charge is 0.110 e. The van der Waals surface area contributed by atoms with Crippen LogP contribution in [0.1, 0.15) is 31.6 Å². The fourth-order valence-corrected chi connectivity index (χ4v) is 2.68. The first kappa shape index (κ1) is 12.0. The van der Waals surface area contributed by atoms with Gasteiger partial charge in [-0.25, -0.2) is 4.98 Å². The molecule has 1 aliphatic carbocycles. The van der Waals surface area contributed by atoms with Crippen LogP contribution in [0.25, 0.3) is 11.0 Å². The quantitative estimate of drug-likeness (QED) is 0.921. The van der Waals surface area contributed by atoms with Gasteiger partial charge in [0.1, 0.15) is 5.82 Å². The largest absolute Gasteiger partial charge is 0.330 e. The summed E-state index contributed by atoms with van der Waals surface area (Å²) in [6.45, 7) is 2.86. The zero-order chi connectivity index (χ0) is 12.7. The Hall–Kier alpha value is -1.06. The second-order valence-corrected chi connectivity index (χ2v) is 5.69. The van der Waals surface area contributed by atoms with Crippen molar-refractivity contribution in [2.45, 2.75) is 32.2 Å².